The van der Waals surface area contributed by atoms with Crippen LogP contribution in [0.2, 0.25) is 5.02 Å². The van der Waals surface area contributed by atoms with Gasteiger partial charge in [-0.15, -0.1) is 0 Å². The van der Waals surface area contributed by atoms with E-state index in [2.05, 4.69) is 4.98 Å². The van der Waals surface area contributed by atoms with Crippen molar-refractivity contribution in [1.29, 1.82) is 0 Å². The molecular weight excluding hydrogens is 434 g/mol. The van der Waals surface area contributed by atoms with Crippen LogP contribution in [0.4, 0.5) is 28.2 Å². The second kappa shape index (κ2) is 8.99. The second-order valence-electron chi connectivity index (χ2n) is 5.80. The van der Waals surface area contributed by atoms with Crippen molar-refractivity contribution in [2.24, 2.45) is 0 Å². The van der Waals surface area contributed by atoms with Gasteiger partial charge in [0, 0.05) is 19.2 Å². The van der Waals surface area contributed by atoms with E-state index in [1.165, 1.54) is 24.3 Å². The molecule has 0 fully saturated rings. The molecule has 7 nitrogen and oxygen atoms in total. The van der Waals surface area contributed by atoms with Gasteiger partial charge in [0.1, 0.15) is 10.7 Å². The van der Waals surface area contributed by atoms with Gasteiger partial charge in [0.2, 0.25) is 5.88 Å². The fraction of sp³-hybridized carbons (Fsp3) is 0.167. The summed E-state index contributed by atoms with van der Waals surface area (Å²) in [6, 6.07) is 4.97. The van der Waals surface area contributed by atoms with Crippen molar-refractivity contribution in [3.8, 4) is 17.4 Å². The first-order valence-electron chi connectivity index (χ1n) is 8.06. The molecule has 0 radical (unpaired) electrons. The Morgan fingerprint density at radius 1 is 1.30 bits per heavy atom. The zero-order chi connectivity index (χ0) is 22.6. The first-order valence-corrected chi connectivity index (χ1v) is 8.44. The quantitative estimate of drug-likeness (QED) is 0.504. The van der Waals surface area contributed by atoms with Crippen LogP contribution in [-0.2, 0) is 4.79 Å². The number of carbonyl (C=O) groups excluding carboxylic acids is 2. The number of nitrogens with one attached hydrogen (secondary N) is 1. The Morgan fingerprint density at radius 2 is 1.93 bits per heavy atom. The van der Waals surface area contributed by atoms with Crippen molar-refractivity contribution >= 4 is 29.2 Å². The van der Waals surface area contributed by atoms with E-state index >= 15 is 0 Å². The first kappa shape index (κ1) is 22.9. The van der Waals surface area contributed by atoms with E-state index in [1.54, 1.807) is 0 Å². The Hall–Kier alpha value is -3.34. The number of amides is 2. The summed E-state index contributed by atoms with van der Waals surface area (Å²) in [7, 11) is 0.741. The summed E-state index contributed by atoms with van der Waals surface area (Å²) >= 11 is 5.84. The molecule has 0 atom stereocenters. The summed E-state index contributed by atoms with van der Waals surface area (Å²) in [4.78, 5) is 27.0. The lowest BCUT2D eigenvalue weighted by Gasteiger charge is -2.23. The minimum absolute atomic E-state index is 0.0840. The summed E-state index contributed by atoms with van der Waals surface area (Å²) in [6.45, 7) is 0.876. The standard InChI is InChI=1S/C18H14ClF4N3O4/c1-9(27)7-14(18(21,22)23)26(2)17(29)25-15-11(20)8-10(19)16(24-15)30-13-6-4-3-5-12(13)28/h3-8,28H,1-2H3,(H,24,25,29)/b14-7-. The smallest absolute Gasteiger partial charge is 0.431 e. The molecule has 0 aliphatic heterocycles. The third-order valence-electron chi connectivity index (χ3n) is 3.49. The lowest BCUT2D eigenvalue weighted by atomic mass is 10.3. The second-order valence-corrected chi connectivity index (χ2v) is 6.21. The number of hydrogen-bond acceptors (Lipinski definition) is 5. The number of ketones is 1. The van der Waals surface area contributed by atoms with Gasteiger partial charge in [0.15, 0.2) is 28.9 Å². The predicted molar refractivity (Wildman–Crippen MR) is 99.0 cm³/mol. The van der Waals surface area contributed by atoms with E-state index in [0.717, 1.165) is 20.0 Å². The van der Waals surface area contributed by atoms with Gasteiger partial charge in [0.25, 0.3) is 0 Å². The molecule has 160 valence electrons. The number of nitrogens with zero attached hydrogens (tertiary/aromatic N) is 2. The third-order valence-corrected chi connectivity index (χ3v) is 3.76. The normalized spacial score (nSPS) is 11.8. The number of phenols is 1. The number of halogens is 5. The first-order chi connectivity index (χ1) is 13.9. The lowest BCUT2D eigenvalue weighted by molar-refractivity contribution is -0.116. The number of hydrogen-bond donors (Lipinski definition) is 2. The van der Waals surface area contributed by atoms with Crippen molar-refractivity contribution in [2.45, 2.75) is 13.1 Å². The molecule has 1 aromatic carbocycles. The summed E-state index contributed by atoms with van der Waals surface area (Å²) in [6.07, 6.45) is -4.80. The Labute approximate surface area is 172 Å². The van der Waals surface area contributed by atoms with Gasteiger partial charge in [-0.25, -0.2) is 9.18 Å². The van der Waals surface area contributed by atoms with Crippen LogP contribution in [0.3, 0.4) is 0 Å². The number of aromatic nitrogens is 1. The molecule has 0 saturated carbocycles. The number of allylic oxidation sites excluding steroid dienone is 2. The van der Waals surface area contributed by atoms with Crippen LogP contribution in [0.15, 0.2) is 42.1 Å². The molecule has 30 heavy (non-hydrogen) atoms. The molecular formula is C18H14ClF4N3O4. The molecule has 0 bridgehead atoms. The van der Waals surface area contributed by atoms with Crippen LogP contribution in [0.25, 0.3) is 0 Å². The number of benzene rings is 1. The maximum absolute atomic E-state index is 14.1. The monoisotopic (exact) mass is 447 g/mol. The molecule has 0 aliphatic carbocycles. The summed E-state index contributed by atoms with van der Waals surface area (Å²) in [5.74, 6) is -3.68. The molecule has 0 unspecified atom stereocenters. The Morgan fingerprint density at radius 3 is 2.50 bits per heavy atom. The summed E-state index contributed by atoms with van der Waals surface area (Å²) < 4.78 is 58.8. The van der Waals surface area contributed by atoms with Gasteiger partial charge >= 0.3 is 12.2 Å². The number of rotatable bonds is 5. The van der Waals surface area contributed by atoms with Crippen molar-refractivity contribution in [3.05, 3.63) is 52.9 Å². The highest BCUT2D eigenvalue weighted by Gasteiger charge is 2.39. The van der Waals surface area contributed by atoms with E-state index in [-0.39, 0.29) is 27.5 Å². The number of ether oxygens (including phenoxy) is 1. The molecule has 0 saturated heterocycles. The van der Waals surface area contributed by atoms with Gasteiger partial charge in [-0.05, 0) is 19.1 Å². The van der Waals surface area contributed by atoms with Crippen LogP contribution in [0.5, 0.6) is 17.4 Å². The number of urea groups is 1. The molecule has 1 heterocycles. The van der Waals surface area contributed by atoms with Gasteiger partial charge < -0.3 is 9.84 Å². The Balaban J connectivity index is 2.32. The average molecular weight is 448 g/mol. The summed E-state index contributed by atoms with van der Waals surface area (Å²) in [5, 5.41) is 11.3. The lowest BCUT2D eigenvalue weighted by Crippen LogP contribution is -2.37. The number of pyridine rings is 1. The number of phenolic OH excluding ortho intramolecular Hbond substituents is 1. The highest BCUT2D eigenvalue weighted by molar-refractivity contribution is 6.31. The van der Waals surface area contributed by atoms with Crippen LogP contribution in [-0.4, -0.2) is 40.0 Å². The van der Waals surface area contributed by atoms with E-state index < -0.39 is 41.2 Å². The molecule has 0 spiro atoms. The van der Waals surface area contributed by atoms with Gasteiger partial charge in [0.05, 0.1) is 0 Å². The van der Waals surface area contributed by atoms with Gasteiger partial charge in [-0.3, -0.25) is 15.0 Å². The van der Waals surface area contributed by atoms with Crippen LogP contribution < -0.4 is 10.1 Å². The zero-order valence-electron chi connectivity index (χ0n) is 15.4. The van der Waals surface area contributed by atoms with E-state index in [0.29, 0.717) is 0 Å². The maximum Gasteiger partial charge on any atom is 0.431 e. The molecule has 2 aromatic rings. The average Bonchev–Trinajstić information content (AvgIpc) is 2.63. The van der Waals surface area contributed by atoms with Crippen LogP contribution >= 0.6 is 11.6 Å². The largest absolute Gasteiger partial charge is 0.504 e. The van der Waals surface area contributed by atoms with E-state index in [1.807, 2.05) is 5.32 Å². The van der Waals surface area contributed by atoms with E-state index in [4.69, 9.17) is 16.3 Å². The van der Waals surface area contributed by atoms with Crippen LogP contribution in [0, 0.1) is 5.82 Å². The topological polar surface area (TPSA) is 91.8 Å². The highest BCUT2D eigenvalue weighted by atomic mass is 35.5. The van der Waals surface area contributed by atoms with Crippen molar-refractivity contribution < 1.29 is 37.0 Å². The molecule has 2 N–H and O–H groups in total. The van der Waals surface area contributed by atoms with Gasteiger partial charge in [-0.1, -0.05) is 23.7 Å². The number of para-hydroxylation sites is 2. The molecule has 1 aromatic heterocycles. The maximum atomic E-state index is 14.1. The fourth-order valence-corrected chi connectivity index (χ4v) is 2.29. The van der Waals surface area contributed by atoms with Crippen molar-refractivity contribution in [2.75, 3.05) is 12.4 Å². The van der Waals surface area contributed by atoms with E-state index in [9.17, 15) is 32.3 Å². The Bertz CT molecular complexity index is 1010. The minimum atomic E-state index is -5.02. The number of aromatic hydroxyl groups is 1. The molecule has 2 amide bonds. The minimum Gasteiger partial charge on any atom is -0.504 e. The predicted octanol–water partition coefficient (Wildman–Crippen LogP) is 4.87. The third kappa shape index (κ3) is 5.60. The Kier molecular flexibility index (Phi) is 6.88. The molecule has 0 aliphatic rings. The van der Waals surface area contributed by atoms with Crippen LogP contribution in [0.1, 0.15) is 6.92 Å². The fourth-order valence-electron chi connectivity index (χ4n) is 2.11. The molecule has 2 rings (SSSR count). The molecule has 12 heteroatoms. The summed E-state index contributed by atoms with van der Waals surface area (Å²) in [5.41, 5.74) is -1.56. The SMILES string of the molecule is CC(=O)/C=C(\N(C)C(=O)Nc1nc(Oc2ccccc2O)c(Cl)cc1F)C(F)(F)F. The zero-order valence-corrected chi connectivity index (χ0v) is 16.2. The number of alkyl halides is 3. The highest BCUT2D eigenvalue weighted by Crippen LogP contribution is 2.35. The van der Waals surface area contributed by atoms with Crippen molar-refractivity contribution in [1.82, 2.24) is 9.88 Å². The number of anilines is 1. The van der Waals surface area contributed by atoms with Crippen molar-refractivity contribution in [3.63, 3.8) is 0 Å². The van der Waals surface area contributed by atoms with Gasteiger partial charge in [-0.2, -0.15) is 18.2 Å². The number of carbonyl (C=O) groups is 2.